The maximum atomic E-state index is 6.05. The van der Waals surface area contributed by atoms with E-state index in [-0.39, 0.29) is 0 Å². The first kappa shape index (κ1) is 12.9. The van der Waals surface area contributed by atoms with Gasteiger partial charge in [-0.2, -0.15) is 0 Å². The fourth-order valence-corrected chi connectivity index (χ4v) is 1.82. The molecule has 0 aliphatic heterocycles. The molecule has 0 bridgehead atoms. The van der Waals surface area contributed by atoms with Crippen molar-refractivity contribution in [2.75, 3.05) is 6.54 Å². The highest BCUT2D eigenvalue weighted by atomic mass is 35.5. The van der Waals surface area contributed by atoms with Crippen LogP contribution in [0.15, 0.2) is 42.5 Å². The second-order valence-corrected chi connectivity index (χ2v) is 4.26. The number of benzene rings is 1. The lowest BCUT2D eigenvalue weighted by Crippen LogP contribution is -2.05. The highest BCUT2D eigenvalue weighted by Crippen LogP contribution is 2.23. The minimum absolute atomic E-state index is 0.386. The molecule has 0 unspecified atom stereocenters. The van der Waals surface area contributed by atoms with E-state index < -0.39 is 0 Å². The first-order valence-electron chi connectivity index (χ1n) is 5.82. The van der Waals surface area contributed by atoms with Gasteiger partial charge in [-0.3, -0.25) is 0 Å². The second-order valence-electron chi connectivity index (χ2n) is 3.90. The highest BCUT2D eigenvalue weighted by molar-refractivity contribution is 6.30. The number of aromatic nitrogens is 1. The molecular formula is C14H15ClN2O. The van der Waals surface area contributed by atoms with Crippen molar-refractivity contribution in [1.29, 1.82) is 0 Å². The van der Waals surface area contributed by atoms with E-state index in [1.165, 1.54) is 0 Å². The summed E-state index contributed by atoms with van der Waals surface area (Å²) in [5, 5.41) is 0.386. The molecule has 1 heterocycles. The first-order valence-corrected chi connectivity index (χ1v) is 6.19. The summed E-state index contributed by atoms with van der Waals surface area (Å²) in [7, 11) is 0. The van der Waals surface area contributed by atoms with Gasteiger partial charge in [0.2, 0.25) is 0 Å². The summed E-state index contributed by atoms with van der Waals surface area (Å²) in [4.78, 5) is 4.24. The first-order chi connectivity index (χ1) is 8.79. The molecule has 1 aromatic carbocycles. The number of pyridine rings is 1. The molecule has 0 spiro atoms. The molecule has 0 saturated carbocycles. The Hall–Kier alpha value is -1.58. The molecule has 94 valence electrons. The molecular weight excluding hydrogens is 248 g/mol. The van der Waals surface area contributed by atoms with Gasteiger partial charge in [-0.15, -0.1) is 0 Å². The van der Waals surface area contributed by atoms with Crippen molar-refractivity contribution in [3.05, 3.63) is 58.9 Å². The van der Waals surface area contributed by atoms with Gasteiger partial charge in [-0.05, 0) is 24.2 Å². The Morgan fingerprint density at radius 2 is 1.89 bits per heavy atom. The molecule has 2 aromatic rings. The number of hydrogen-bond acceptors (Lipinski definition) is 3. The second kappa shape index (κ2) is 6.38. The van der Waals surface area contributed by atoms with E-state index in [2.05, 4.69) is 4.98 Å². The number of nitrogens with zero attached hydrogens (tertiary/aromatic N) is 1. The Morgan fingerprint density at radius 1 is 1.11 bits per heavy atom. The van der Waals surface area contributed by atoms with Crippen molar-refractivity contribution in [1.82, 2.24) is 4.98 Å². The number of ether oxygens (including phenoxy) is 1. The fourth-order valence-electron chi connectivity index (χ4n) is 1.59. The van der Waals surface area contributed by atoms with Crippen LogP contribution in [0.1, 0.15) is 11.3 Å². The van der Waals surface area contributed by atoms with Crippen LogP contribution in [0.3, 0.4) is 0 Å². The SMILES string of the molecule is NCCc1ccc(OCc2ccccc2)c(Cl)n1. The Balaban J connectivity index is 2.01. The average Bonchev–Trinajstić information content (AvgIpc) is 2.39. The Labute approximate surface area is 112 Å². The van der Waals surface area contributed by atoms with Crippen LogP contribution >= 0.6 is 11.6 Å². The van der Waals surface area contributed by atoms with Crippen molar-refractivity contribution in [3.63, 3.8) is 0 Å². The van der Waals surface area contributed by atoms with E-state index >= 15 is 0 Å². The number of hydrogen-bond donors (Lipinski definition) is 1. The molecule has 0 aliphatic carbocycles. The van der Waals surface area contributed by atoms with Crippen LogP contribution < -0.4 is 10.5 Å². The van der Waals surface area contributed by atoms with E-state index in [1.807, 2.05) is 42.5 Å². The zero-order chi connectivity index (χ0) is 12.8. The van der Waals surface area contributed by atoms with Crippen LogP contribution in [0.25, 0.3) is 0 Å². The van der Waals surface area contributed by atoms with Gasteiger partial charge in [0.25, 0.3) is 0 Å². The molecule has 0 atom stereocenters. The third-order valence-electron chi connectivity index (χ3n) is 2.51. The van der Waals surface area contributed by atoms with Crippen molar-refractivity contribution < 1.29 is 4.74 Å². The summed E-state index contributed by atoms with van der Waals surface area (Å²) < 4.78 is 5.63. The summed E-state index contributed by atoms with van der Waals surface area (Å²) in [6, 6.07) is 13.7. The van der Waals surface area contributed by atoms with Crippen LogP contribution in [-0.4, -0.2) is 11.5 Å². The fraction of sp³-hybridized carbons (Fsp3) is 0.214. The van der Waals surface area contributed by atoms with Crippen molar-refractivity contribution >= 4 is 11.6 Å². The van der Waals surface area contributed by atoms with Crippen molar-refractivity contribution in [2.45, 2.75) is 13.0 Å². The molecule has 0 aliphatic rings. The van der Waals surface area contributed by atoms with Gasteiger partial charge in [-0.1, -0.05) is 41.9 Å². The van der Waals surface area contributed by atoms with Gasteiger partial charge < -0.3 is 10.5 Å². The number of nitrogens with two attached hydrogens (primary N) is 1. The van der Waals surface area contributed by atoms with Gasteiger partial charge in [0.1, 0.15) is 6.61 Å². The molecule has 0 radical (unpaired) electrons. The highest BCUT2D eigenvalue weighted by Gasteiger charge is 2.04. The smallest absolute Gasteiger partial charge is 0.171 e. The lowest BCUT2D eigenvalue weighted by molar-refractivity contribution is 0.305. The van der Waals surface area contributed by atoms with Gasteiger partial charge in [0.15, 0.2) is 10.9 Å². The predicted octanol–water partition coefficient (Wildman–Crippen LogP) is 2.82. The molecule has 0 amide bonds. The Bertz CT molecular complexity index is 502. The van der Waals surface area contributed by atoms with Crippen LogP contribution in [0.2, 0.25) is 5.15 Å². The minimum atomic E-state index is 0.386. The summed E-state index contributed by atoms with van der Waals surface area (Å²) in [5.74, 6) is 0.598. The van der Waals surface area contributed by atoms with Gasteiger partial charge in [0, 0.05) is 12.1 Å². The van der Waals surface area contributed by atoms with Crippen molar-refractivity contribution in [2.24, 2.45) is 5.73 Å². The maximum absolute atomic E-state index is 6.05. The van der Waals surface area contributed by atoms with Gasteiger partial charge in [-0.25, -0.2) is 4.98 Å². The third-order valence-corrected chi connectivity index (χ3v) is 2.78. The number of rotatable bonds is 5. The van der Waals surface area contributed by atoms with E-state index in [0.29, 0.717) is 24.1 Å². The summed E-state index contributed by atoms with van der Waals surface area (Å²) >= 11 is 6.05. The predicted molar refractivity (Wildman–Crippen MR) is 72.8 cm³/mol. The third kappa shape index (κ3) is 3.45. The molecule has 4 heteroatoms. The Morgan fingerprint density at radius 3 is 2.56 bits per heavy atom. The van der Waals surface area contributed by atoms with Gasteiger partial charge >= 0.3 is 0 Å². The van der Waals surface area contributed by atoms with E-state index in [4.69, 9.17) is 22.1 Å². The molecule has 1 aromatic heterocycles. The van der Waals surface area contributed by atoms with Gasteiger partial charge in [0.05, 0.1) is 0 Å². The molecule has 3 nitrogen and oxygen atoms in total. The topological polar surface area (TPSA) is 48.1 Å². The summed E-state index contributed by atoms with van der Waals surface area (Å²) in [5.41, 5.74) is 7.45. The minimum Gasteiger partial charge on any atom is -0.486 e. The van der Waals surface area contributed by atoms with Crippen LogP contribution in [0.5, 0.6) is 5.75 Å². The standard InChI is InChI=1S/C14H15ClN2O/c15-14-13(7-6-12(17-14)8-9-16)18-10-11-4-2-1-3-5-11/h1-7H,8-10,16H2. The lowest BCUT2D eigenvalue weighted by atomic mass is 10.2. The average molecular weight is 263 g/mol. The van der Waals surface area contributed by atoms with Crippen molar-refractivity contribution in [3.8, 4) is 5.75 Å². The summed E-state index contributed by atoms with van der Waals surface area (Å²) in [6.07, 6.45) is 0.721. The largest absolute Gasteiger partial charge is 0.486 e. The molecule has 2 N–H and O–H groups in total. The lowest BCUT2D eigenvalue weighted by Gasteiger charge is -2.08. The molecule has 18 heavy (non-hydrogen) atoms. The van der Waals surface area contributed by atoms with Crippen LogP contribution in [0, 0.1) is 0 Å². The monoisotopic (exact) mass is 262 g/mol. The molecule has 0 fully saturated rings. The van der Waals surface area contributed by atoms with E-state index in [9.17, 15) is 0 Å². The molecule has 0 saturated heterocycles. The zero-order valence-electron chi connectivity index (χ0n) is 9.97. The number of halogens is 1. The molecule has 2 rings (SSSR count). The quantitative estimate of drug-likeness (QED) is 0.843. The maximum Gasteiger partial charge on any atom is 0.171 e. The van der Waals surface area contributed by atoms with Crippen LogP contribution in [-0.2, 0) is 13.0 Å². The van der Waals surface area contributed by atoms with Crippen LogP contribution in [0.4, 0.5) is 0 Å². The normalized spacial score (nSPS) is 10.3. The zero-order valence-corrected chi connectivity index (χ0v) is 10.7. The van der Waals surface area contributed by atoms with E-state index in [0.717, 1.165) is 17.7 Å². The van der Waals surface area contributed by atoms with E-state index in [1.54, 1.807) is 0 Å². The summed E-state index contributed by atoms with van der Waals surface area (Å²) in [6.45, 7) is 1.05. The Kier molecular flexibility index (Phi) is 4.56.